The van der Waals surface area contributed by atoms with Gasteiger partial charge in [0, 0.05) is 24.4 Å². The first-order valence-corrected chi connectivity index (χ1v) is 9.70. The fraction of sp³-hybridized carbons (Fsp3) is 0.158. The second kappa shape index (κ2) is 7.61. The van der Waals surface area contributed by atoms with Crippen molar-refractivity contribution in [3.05, 3.63) is 59.4 Å². The Hall–Kier alpha value is -2.80. The van der Waals surface area contributed by atoms with Gasteiger partial charge in [-0.25, -0.2) is 17.4 Å². The van der Waals surface area contributed by atoms with E-state index in [-0.39, 0.29) is 10.5 Å². The lowest BCUT2D eigenvalue weighted by molar-refractivity contribution is 0.588. The molecular weight excluding hydrogens is 370 g/mol. The second-order valence-corrected chi connectivity index (χ2v) is 7.65. The van der Waals surface area contributed by atoms with Gasteiger partial charge in [0.2, 0.25) is 0 Å². The van der Waals surface area contributed by atoms with Gasteiger partial charge in [-0.15, -0.1) is 0 Å². The van der Waals surface area contributed by atoms with Gasteiger partial charge < -0.3 is 0 Å². The molecule has 0 saturated carbocycles. The van der Waals surface area contributed by atoms with Crippen molar-refractivity contribution in [1.82, 2.24) is 8.96 Å². The van der Waals surface area contributed by atoms with Crippen LogP contribution >= 0.6 is 11.6 Å². The minimum Gasteiger partial charge on any atom is -0.237 e. The van der Waals surface area contributed by atoms with E-state index in [9.17, 15) is 8.42 Å². The molecule has 2 aromatic heterocycles. The maximum Gasteiger partial charge on any atom is 0.270 e. The number of rotatable bonds is 4. The van der Waals surface area contributed by atoms with E-state index in [0.29, 0.717) is 35.4 Å². The number of benzene rings is 1. The fourth-order valence-corrected chi connectivity index (χ4v) is 4.12. The van der Waals surface area contributed by atoms with Crippen LogP contribution in [0, 0.1) is 23.2 Å². The van der Waals surface area contributed by atoms with Crippen molar-refractivity contribution in [3.63, 3.8) is 0 Å². The minimum absolute atomic E-state index is 0.145. The fourth-order valence-electron chi connectivity index (χ4n) is 2.48. The molecule has 0 aliphatic carbocycles. The van der Waals surface area contributed by atoms with E-state index in [1.54, 1.807) is 30.3 Å². The number of hydrogen-bond acceptors (Lipinski definition) is 4. The van der Waals surface area contributed by atoms with E-state index in [1.807, 2.05) is 0 Å². The van der Waals surface area contributed by atoms with E-state index in [2.05, 4.69) is 22.9 Å². The number of halogens is 1. The molecule has 0 bridgehead atoms. The summed E-state index contributed by atoms with van der Waals surface area (Å²) in [4.78, 5) is 4.35. The van der Waals surface area contributed by atoms with Crippen LogP contribution in [0.25, 0.3) is 11.0 Å². The van der Waals surface area contributed by atoms with Gasteiger partial charge in [0.25, 0.3) is 10.0 Å². The molecule has 0 aliphatic rings. The van der Waals surface area contributed by atoms with Crippen molar-refractivity contribution >= 4 is 32.7 Å². The molecule has 0 fully saturated rings. The smallest absolute Gasteiger partial charge is 0.237 e. The molecule has 1 aromatic carbocycles. The molecule has 0 unspecified atom stereocenters. The van der Waals surface area contributed by atoms with Crippen molar-refractivity contribution in [2.24, 2.45) is 0 Å². The maximum absolute atomic E-state index is 13.1. The second-order valence-electron chi connectivity index (χ2n) is 5.46. The largest absolute Gasteiger partial charge is 0.270 e. The molecule has 3 aromatic rings. The van der Waals surface area contributed by atoms with E-state index in [0.717, 1.165) is 3.97 Å². The molecule has 0 radical (unpaired) electrons. The zero-order valence-corrected chi connectivity index (χ0v) is 15.3. The van der Waals surface area contributed by atoms with Crippen LogP contribution in [0.5, 0.6) is 0 Å². The number of nitrogens with zero attached hydrogens (tertiary/aromatic N) is 3. The van der Waals surface area contributed by atoms with Crippen molar-refractivity contribution in [2.45, 2.75) is 24.2 Å². The molecule has 2 heterocycles. The number of fused-ring (bicyclic) bond motifs is 1. The summed E-state index contributed by atoms with van der Waals surface area (Å²) >= 11 is 6.21. The van der Waals surface area contributed by atoms with E-state index >= 15 is 0 Å². The zero-order chi connectivity index (χ0) is 18.6. The molecule has 0 spiro atoms. The predicted octanol–water partition coefficient (Wildman–Crippen LogP) is 3.97. The summed E-state index contributed by atoms with van der Waals surface area (Å²) < 4.78 is 27.4. The Balaban J connectivity index is 2.18. The first-order chi connectivity index (χ1) is 12.6. The highest BCUT2D eigenvalue weighted by Gasteiger charge is 2.24. The molecule has 26 heavy (non-hydrogen) atoms. The lowest BCUT2D eigenvalue weighted by Gasteiger charge is -2.08. The highest BCUT2D eigenvalue weighted by Crippen LogP contribution is 2.28. The third-order valence-corrected chi connectivity index (χ3v) is 5.74. The molecule has 130 valence electrons. The van der Waals surface area contributed by atoms with Crippen molar-refractivity contribution in [2.75, 3.05) is 0 Å². The molecule has 0 atom stereocenters. The maximum atomic E-state index is 13.1. The average Bonchev–Trinajstić information content (AvgIpc) is 3.03. The van der Waals surface area contributed by atoms with E-state index < -0.39 is 10.0 Å². The predicted molar refractivity (Wildman–Crippen MR) is 100 cm³/mol. The number of nitriles is 1. The number of aromatic nitrogens is 2. The number of hydrogen-bond donors (Lipinski definition) is 0. The topological polar surface area (TPSA) is 75.8 Å². The lowest BCUT2D eigenvalue weighted by atomic mass is 10.2. The molecule has 0 saturated heterocycles. The summed E-state index contributed by atoms with van der Waals surface area (Å²) in [7, 11) is -3.88. The molecule has 7 heteroatoms. The quantitative estimate of drug-likeness (QED) is 0.504. The average molecular weight is 384 g/mol. The van der Waals surface area contributed by atoms with Gasteiger partial charge in [-0.05, 0) is 36.6 Å². The van der Waals surface area contributed by atoms with Gasteiger partial charge in [0.15, 0.2) is 5.65 Å². The molecule has 5 nitrogen and oxygen atoms in total. The van der Waals surface area contributed by atoms with Crippen LogP contribution < -0.4 is 0 Å². The van der Waals surface area contributed by atoms with Gasteiger partial charge in [-0.1, -0.05) is 35.7 Å². The zero-order valence-electron chi connectivity index (χ0n) is 13.7. The normalized spacial score (nSPS) is 10.9. The van der Waals surface area contributed by atoms with Crippen LogP contribution in [-0.2, 0) is 10.0 Å². The van der Waals surface area contributed by atoms with Crippen molar-refractivity contribution < 1.29 is 8.42 Å². The molecular formula is C19H14ClN3O2S. The van der Waals surface area contributed by atoms with Crippen molar-refractivity contribution in [1.29, 1.82) is 5.26 Å². The Morgan fingerprint density at radius 2 is 1.92 bits per heavy atom. The summed E-state index contributed by atoms with van der Waals surface area (Å²) in [6, 6.07) is 13.4. The molecule has 0 amide bonds. The minimum atomic E-state index is -3.88. The Bertz CT molecular complexity index is 1150. The van der Waals surface area contributed by atoms with E-state index in [1.165, 1.54) is 18.3 Å². The summed E-state index contributed by atoms with van der Waals surface area (Å²) in [6.07, 6.45) is 3.01. The third-order valence-electron chi connectivity index (χ3n) is 3.70. The van der Waals surface area contributed by atoms with E-state index in [4.69, 9.17) is 16.9 Å². The van der Waals surface area contributed by atoms with Crippen LogP contribution in [0.3, 0.4) is 0 Å². The SMILES string of the molecule is N#CCCCC#Cc1cc2c(Cl)ccnc2n1S(=O)(=O)c1ccccc1. The van der Waals surface area contributed by atoms with Crippen LogP contribution in [0.2, 0.25) is 5.02 Å². The first-order valence-electron chi connectivity index (χ1n) is 7.88. The van der Waals surface area contributed by atoms with Gasteiger partial charge in [-0.2, -0.15) is 5.26 Å². The number of unbranched alkanes of at least 4 members (excludes halogenated alkanes) is 2. The molecule has 0 aliphatic heterocycles. The summed E-state index contributed by atoms with van der Waals surface area (Å²) in [5, 5.41) is 9.51. The van der Waals surface area contributed by atoms with Gasteiger partial charge in [-0.3, -0.25) is 0 Å². The van der Waals surface area contributed by atoms with Crippen LogP contribution in [0.15, 0.2) is 53.6 Å². The highest BCUT2D eigenvalue weighted by molar-refractivity contribution is 7.90. The van der Waals surface area contributed by atoms with Crippen LogP contribution in [0.1, 0.15) is 25.0 Å². The summed E-state index contributed by atoms with van der Waals surface area (Å²) in [5.74, 6) is 5.81. The summed E-state index contributed by atoms with van der Waals surface area (Å²) in [6.45, 7) is 0. The molecule has 3 rings (SSSR count). The lowest BCUT2D eigenvalue weighted by Crippen LogP contribution is -2.15. The standard InChI is InChI=1S/C19H14ClN3O2S/c20-18-11-13-22-19-17(18)14-15(8-4-1-2-7-12-21)23(19)26(24,25)16-9-5-3-6-10-16/h3,5-6,9-11,13-14H,1-2,7H2. The monoisotopic (exact) mass is 383 g/mol. The Kier molecular flexibility index (Phi) is 5.27. The van der Waals surface area contributed by atoms with Gasteiger partial charge in [0.1, 0.15) is 5.69 Å². The Labute approximate surface area is 156 Å². The first kappa shape index (κ1) is 18.0. The molecule has 0 N–H and O–H groups in total. The Morgan fingerprint density at radius 3 is 2.65 bits per heavy atom. The third kappa shape index (κ3) is 3.43. The summed E-state index contributed by atoms with van der Waals surface area (Å²) in [5.41, 5.74) is 0.532. The highest BCUT2D eigenvalue weighted by atomic mass is 35.5. The Morgan fingerprint density at radius 1 is 1.15 bits per heavy atom. The van der Waals surface area contributed by atoms with Gasteiger partial charge >= 0.3 is 0 Å². The van der Waals surface area contributed by atoms with Crippen molar-refractivity contribution in [3.8, 4) is 17.9 Å². The van der Waals surface area contributed by atoms with Gasteiger partial charge in [0.05, 0.1) is 16.0 Å². The van der Waals surface area contributed by atoms with Crippen LogP contribution in [0.4, 0.5) is 0 Å². The number of pyridine rings is 1. The van der Waals surface area contributed by atoms with Crippen LogP contribution in [-0.4, -0.2) is 17.4 Å².